The Hall–Kier alpha value is -4.26. The fraction of sp³-hybridized carbons (Fsp3) is 0.167. The number of amides is 1. The van der Waals surface area contributed by atoms with Crippen LogP contribution in [0.4, 0.5) is 23.4 Å². The lowest BCUT2D eigenvalue weighted by Gasteiger charge is -2.24. The number of anilines is 1. The molecule has 0 aliphatic carbocycles. The molecule has 6 rings (SSSR count). The molecule has 1 atom stereocenters. The van der Waals surface area contributed by atoms with Gasteiger partial charge in [-0.3, -0.25) is 9.20 Å². The molecule has 0 spiro atoms. The van der Waals surface area contributed by atoms with E-state index in [2.05, 4.69) is 15.0 Å². The average Bonchev–Trinajstić information content (AvgIpc) is 3.62. The van der Waals surface area contributed by atoms with Crippen LogP contribution in [0.25, 0.3) is 27.8 Å². The SMILES string of the molecule is CN(C(=O)c1cc2c(cc1F)nc(N)c1cncn12)[C@@H]1COc2cc(-c3csc(C(F)(F)F)n3)ccc21. The number of imidazole rings is 1. The Labute approximate surface area is 210 Å². The van der Waals surface area contributed by atoms with Crippen molar-refractivity contribution in [3.8, 4) is 17.0 Å². The van der Waals surface area contributed by atoms with E-state index in [1.165, 1.54) is 35.9 Å². The smallest absolute Gasteiger partial charge is 0.443 e. The van der Waals surface area contributed by atoms with Crippen molar-refractivity contribution in [1.82, 2.24) is 24.3 Å². The molecule has 37 heavy (non-hydrogen) atoms. The topological polar surface area (TPSA) is 98.6 Å². The summed E-state index contributed by atoms with van der Waals surface area (Å²) in [5, 5.41) is 0.393. The first-order valence-electron chi connectivity index (χ1n) is 10.9. The maximum Gasteiger partial charge on any atom is 0.443 e. The van der Waals surface area contributed by atoms with Crippen molar-refractivity contribution in [2.45, 2.75) is 12.2 Å². The summed E-state index contributed by atoms with van der Waals surface area (Å²) in [7, 11) is 1.53. The Morgan fingerprint density at radius 1 is 1.22 bits per heavy atom. The molecule has 0 bridgehead atoms. The molecule has 188 valence electrons. The highest BCUT2D eigenvalue weighted by Crippen LogP contribution is 2.40. The summed E-state index contributed by atoms with van der Waals surface area (Å²) in [6.07, 6.45) is -1.49. The van der Waals surface area contributed by atoms with Crippen LogP contribution in [0.15, 0.2) is 48.2 Å². The second-order valence-electron chi connectivity index (χ2n) is 8.50. The minimum Gasteiger partial charge on any atom is -0.491 e. The van der Waals surface area contributed by atoms with E-state index in [-0.39, 0.29) is 29.2 Å². The normalized spacial score (nSPS) is 15.2. The third kappa shape index (κ3) is 3.73. The number of halogens is 4. The number of carbonyl (C=O) groups excluding carboxylic acids is 1. The van der Waals surface area contributed by atoms with Crippen LogP contribution >= 0.6 is 11.3 Å². The van der Waals surface area contributed by atoms with Crippen LogP contribution in [0.1, 0.15) is 27.0 Å². The van der Waals surface area contributed by atoms with E-state index >= 15 is 4.39 Å². The maximum atomic E-state index is 15.0. The summed E-state index contributed by atoms with van der Waals surface area (Å²) in [6.45, 7) is 0.102. The number of nitrogens with zero attached hydrogens (tertiary/aromatic N) is 5. The molecular formula is C24H16F4N6O2S. The standard InChI is InChI=1S/C24H16F4N6O2S/c1-33(22(35)13-5-17-15(6-14(13)25)31-21(29)18-7-30-10-34(17)18)19-8-36-20-4-11(2-3-12(19)20)16-9-37-23(32-16)24(26,27)28/h2-7,9-10,19H,8H2,1H3,(H2,29,31)/t19-/m1/s1. The molecule has 1 aliphatic heterocycles. The summed E-state index contributed by atoms with van der Waals surface area (Å²) in [5.74, 6) is -0.729. The third-order valence-corrected chi connectivity index (χ3v) is 7.18. The number of carbonyl (C=O) groups is 1. The highest BCUT2D eigenvalue weighted by molar-refractivity contribution is 7.10. The maximum absolute atomic E-state index is 15.0. The van der Waals surface area contributed by atoms with Crippen molar-refractivity contribution in [3.63, 3.8) is 0 Å². The molecule has 13 heteroatoms. The highest BCUT2D eigenvalue weighted by Gasteiger charge is 2.35. The van der Waals surface area contributed by atoms with E-state index in [4.69, 9.17) is 10.5 Å². The number of hydrogen-bond donors (Lipinski definition) is 1. The first-order valence-corrected chi connectivity index (χ1v) is 11.8. The zero-order valence-electron chi connectivity index (χ0n) is 19.0. The number of nitrogens with two attached hydrogens (primary N) is 1. The quantitative estimate of drug-likeness (QED) is 0.333. The van der Waals surface area contributed by atoms with Crippen LogP contribution in [0.2, 0.25) is 0 Å². The van der Waals surface area contributed by atoms with Gasteiger partial charge in [-0.1, -0.05) is 12.1 Å². The second-order valence-corrected chi connectivity index (χ2v) is 9.36. The van der Waals surface area contributed by atoms with Gasteiger partial charge in [0, 0.05) is 29.6 Å². The molecule has 0 saturated carbocycles. The Morgan fingerprint density at radius 2 is 2.03 bits per heavy atom. The summed E-state index contributed by atoms with van der Waals surface area (Å²) in [5.41, 5.74) is 8.31. The number of alkyl halides is 3. The largest absolute Gasteiger partial charge is 0.491 e. The van der Waals surface area contributed by atoms with Gasteiger partial charge in [0.1, 0.15) is 29.5 Å². The molecule has 2 N–H and O–H groups in total. The lowest BCUT2D eigenvalue weighted by molar-refractivity contribution is -0.137. The summed E-state index contributed by atoms with van der Waals surface area (Å²) < 4.78 is 61.2. The number of aromatic nitrogens is 4. The minimum atomic E-state index is -4.52. The number of likely N-dealkylation sites (N-methyl/N-ethyl adjacent to an activating group) is 1. The van der Waals surface area contributed by atoms with Gasteiger partial charge >= 0.3 is 6.18 Å². The van der Waals surface area contributed by atoms with Crippen LogP contribution in [0.3, 0.4) is 0 Å². The van der Waals surface area contributed by atoms with E-state index < -0.39 is 29.0 Å². The molecule has 2 aromatic carbocycles. The van der Waals surface area contributed by atoms with Gasteiger partial charge in [0.2, 0.25) is 0 Å². The number of hydrogen-bond acceptors (Lipinski definition) is 7. The fourth-order valence-corrected chi connectivity index (χ4v) is 5.10. The molecule has 1 amide bonds. The van der Waals surface area contributed by atoms with Crippen LogP contribution in [0, 0.1) is 5.82 Å². The molecule has 5 aromatic rings. The van der Waals surface area contributed by atoms with Gasteiger partial charge in [-0.25, -0.2) is 19.3 Å². The first kappa shape index (κ1) is 23.2. The van der Waals surface area contributed by atoms with Crippen LogP contribution in [0.5, 0.6) is 5.75 Å². The average molecular weight is 528 g/mol. The van der Waals surface area contributed by atoms with E-state index in [0.717, 1.165) is 6.07 Å². The summed E-state index contributed by atoms with van der Waals surface area (Å²) in [4.78, 5) is 26.7. The van der Waals surface area contributed by atoms with Gasteiger partial charge in [0.25, 0.3) is 5.91 Å². The second kappa shape index (κ2) is 8.13. The Morgan fingerprint density at radius 3 is 2.78 bits per heavy atom. The monoisotopic (exact) mass is 528 g/mol. The number of ether oxygens (including phenoxy) is 1. The van der Waals surface area contributed by atoms with E-state index in [1.807, 2.05) is 0 Å². The van der Waals surface area contributed by atoms with Crippen molar-refractivity contribution >= 4 is 39.6 Å². The lowest BCUT2D eigenvalue weighted by Crippen LogP contribution is -2.32. The molecule has 0 fully saturated rings. The number of benzene rings is 2. The predicted molar refractivity (Wildman–Crippen MR) is 128 cm³/mol. The number of nitrogen functional groups attached to an aromatic ring is 1. The van der Waals surface area contributed by atoms with Crippen molar-refractivity contribution in [1.29, 1.82) is 0 Å². The van der Waals surface area contributed by atoms with Crippen molar-refractivity contribution in [3.05, 3.63) is 70.2 Å². The molecule has 4 heterocycles. The van der Waals surface area contributed by atoms with Crippen LogP contribution in [-0.4, -0.2) is 43.8 Å². The Bertz CT molecular complexity index is 1710. The van der Waals surface area contributed by atoms with Crippen molar-refractivity contribution in [2.24, 2.45) is 0 Å². The van der Waals surface area contributed by atoms with Gasteiger partial charge in [-0.05, 0) is 12.1 Å². The lowest BCUT2D eigenvalue weighted by atomic mass is 10.0. The molecule has 0 saturated heterocycles. The summed E-state index contributed by atoms with van der Waals surface area (Å²) >= 11 is 0.513. The van der Waals surface area contributed by atoms with Crippen molar-refractivity contribution in [2.75, 3.05) is 19.4 Å². The molecule has 3 aromatic heterocycles. The van der Waals surface area contributed by atoms with E-state index in [1.54, 1.807) is 22.6 Å². The van der Waals surface area contributed by atoms with Gasteiger partial charge < -0.3 is 15.4 Å². The Kier molecular flexibility index (Phi) is 5.09. The van der Waals surface area contributed by atoms with Gasteiger partial charge in [-0.15, -0.1) is 11.3 Å². The zero-order valence-corrected chi connectivity index (χ0v) is 19.8. The molecular weight excluding hydrogens is 512 g/mol. The third-order valence-electron chi connectivity index (χ3n) is 6.30. The number of fused-ring (bicyclic) bond motifs is 4. The van der Waals surface area contributed by atoms with Crippen molar-refractivity contribution < 1.29 is 27.1 Å². The first-order chi connectivity index (χ1) is 17.6. The van der Waals surface area contributed by atoms with Gasteiger partial charge in [-0.2, -0.15) is 13.2 Å². The van der Waals surface area contributed by atoms with Gasteiger partial charge in [0.05, 0.1) is 40.9 Å². The predicted octanol–water partition coefficient (Wildman–Crippen LogP) is 4.95. The molecule has 8 nitrogen and oxygen atoms in total. The Balaban J connectivity index is 1.31. The highest BCUT2D eigenvalue weighted by atomic mass is 32.1. The van der Waals surface area contributed by atoms with E-state index in [9.17, 15) is 18.0 Å². The van der Waals surface area contributed by atoms with Crippen LogP contribution in [-0.2, 0) is 6.18 Å². The summed E-state index contributed by atoms with van der Waals surface area (Å²) in [6, 6.07) is 6.91. The molecule has 0 radical (unpaired) electrons. The number of thiazole rings is 1. The van der Waals surface area contributed by atoms with Gasteiger partial charge in [0.15, 0.2) is 5.01 Å². The fourth-order valence-electron chi connectivity index (χ4n) is 4.40. The molecule has 0 unspecified atom stereocenters. The minimum absolute atomic E-state index is 0.102. The zero-order chi connectivity index (χ0) is 26.1. The van der Waals surface area contributed by atoms with E-state index in [0.29, 0.717) is 39.2 Å². The molecule has 1 aliphatic rings. The number of rotatable bonds is 3. The van der Waals surface area contributed by atoms with Crippen LogP contribution < -0.4 is 10.5 Å².